The van der Waals surface area contributed by atoms with Crippen molar-refractivity contribution in [3.05, 3.63) is 35.8 Å². The van der Waals surface area contributed by atoms with Gasteiger partial charge in [-0.05, 0) is 12.1 Å². The number of carbonyl (C=O) groups excluding carboxylic acids is 1. The summed E-state index contributed by atoms with van der Waals surface area (Å²) in [6.45, 7) is 0.283. The molecule has 0 aliphatic carbocycles. The molecule has 1 amide bonds. The molecule has 5 nitrogen and oxygen atoms in total. The number of carbonyl (C=O) groups is 1. The number of thiazole rings is 1. The van der Waals surface area contributed by atoms with E-state index in [2.05, 4.69) is 10.3 Å². The van der Waals surface area contributed by atoms with Gasteiger partial charge in [0, 0.05) is 11.6 Å². The van der Waals surface area contributed by atoms with Gasteiger partial charge < -0.3 is 15.8 Å². The second-order valence-electron chi connectivity index (χ2n) is 3.52. The van der Waals surface area contributed by atoms with Gasteiger partial charge in [0.15, 0.2) is 5.13 Å². The number of aromatic nitrogens is 1. The van der Waals surface area contributed by atoms with Gasteiger partial charge in [0.1, 0.15) is 5.75 Å². The zero-order valence-corrected chi connectivity index (χ0v) is 10.4. The highest BCUT2D eigenvalue weighted by atomic mass is 32.1. The summed E-state index contributed by atoms with van der Waals surface area (Å²) in [5.41, 5.74) is 6.28. The summed E-state index contributed by atoms with van der Waals surface area (Å²) in [5, 5.41) is 5.08. The summed E-state index contributed by atoms with van der Waals surface area (Å²) >= 11 is 1.38. The van der Waals surface area contributed by atoms with Gasteiger partial charge in [0.2, 0.25) is 5.91 Å². The van der Waals surface area contributed by atoms with Crippen LogP contribution in [0, 0.1) is 0 Å². The van der Waals surface area contributed by atoms with E-state index in [1.165, 1.54) is 11.3 Å². The second kappa shape index (κ2) is 6.02. The van der Waals surface area contributed by atoms with Crippen LogP contribution in [0.4, 0.5) is 10.8 Å². The van der Waals surface area contributed by atoms with E-state index in [1.807, 2.05) is 12.1 Å². The molecular formula is C12H13N3O2S. The molecule has 1 aromatic carbocycles. The predicted molar refractivity (Wildman–Crippen MR) is 71.7 cm³/mol. The van der Waals surface area contributed by atoms with Gasteiger partial charge in [-0.25, -0.2) is 4.98 Å². The molecule has 0 bridgehead atoms. The molecule has 0 saturated carbocycles. The number of anilines is 2. The van der Waals surface area contributed by atoms with Crippen molar-refractivity contribution in [1.82, 2.24) is 4.98 Å². The molecule has 0 aliphatic rings. The average Bonchev–Trinajstić information content (AvgIpc) is 2.84. The molecule has 1 aromatic heterocycles. The molecule has 0 radical (unpaired) electrons. The number of amides is 1. The minimum atomic E-state index is -0.126. The Labute approximate surface area is 109 Å². The van der Waals surface area contributed by atoms with Gasteiger partial charge in [-0.3, -0.25) is 4.79 Å². The van der Waals surface area contributed by atoms with Crippen LogP contribution in [0.25, 0.3) is 0 Å². The quantitative estimate of drug-likeness (QED) is 0.810. The third-order valence-electron chi connectivity index (χ3n) is 2.18. The number of para-hydroxylation sites is 2. The van der Waals surface area contributed by atoms with Gasteiger partial charge in [-0.1, -0.05) is 12.1 Å². The monoisotopic (exact) mass is 263 g/mol. The lowest BCUT2D eigenvalue weighted by Crippen LogP contribution is -2.15. The molecule has 0 aliphatic heterocycles. The SMILES string of the molecule is Nc1ccccc1OCCC(=O)Nc1nccs1. The molecule has 3 N–H and O–H groups in total. The van der Waals surface area contributed by atoms with E-state index in [0.29, 0.717) is 16.6 Å². The zero-order chi connectivity index (χ0) is 12.8. The standard InChI is InChI=1S/C12H13N3O2S/c13-9-3-1-2-4-10(9)17-7-5-11(16)15-12-14-6-8-18-12/h1-4,6,8H,5,7,13H2,(H,14,15,16). The molecular weight excluding hydrogens is 250 g/mol. The summed E-state index contributed by atoms with van der Waals surface area (Å²) in [7, 11) is 0. The van der Waals surface area contributed by atoms with E-state index in [-0.39, 0.29) is 18.9 Å². The molecule has 2 rings (SSSR count). The summed E-state index contributed by atoms with van der Waals surface area (Å²) in [5.74, 6) is 0.471. The Balaban J connectivity index is 1.75. The lowest BCUT2D eigenvalue weighted by Gasteiger charge is -2.07. The van der Waals surface area contributed by atoms with E-state index in [4.69, 9.17) is 10.5 Å². The van der Waals surface area contributed by atoms with Gasteiger partial charge in [0.05, 0.1) is 18.7 Å². The van der Waals surface area contributed by atoms with Gasteiger partial charge in [0.25, 0.3) is 0 Å². The normalized spacial score (nSPS) is 10.0. The summed E-state index contributed by atoms with van der Waals surface area (Å²) < 4.78 is 5.42. The van der Waals surface area contributed by atoms with E-state index in [1.54, 1.807) is 23.7 Å². The molecule has 2 aromatic rings. The number of nitrogen functional groups attached to an aromatic ring is 1. The number of nitrogens with two attached hydrogens (primary N) is 1. The third kappa shape index (κ3) is 3.46. The number of ether oxygens (including phenoxy) is 1. The topological polar surface area (TPSA) is 77.2 Å². The summed E-state index contributed by atoms with van der Waals surface area (Å²) in [4.78, 5) is 15.5. The highest BCUT2D eigenvalue weighted by Gasteiger charge is 2.05. The molecule has 94 valence electrons. The maximum Gasteiger partial charge on any atom is 0.229 e. The predicted octanol–water partition coefficient (Wildman–Crippen LogP) is 2.13. The Bertz CT molecular complexity index is 514. The van der Waals surface area contributed by atoms with Crippen molar-refractivity contribution in [3.8, 4) is 5.75 Å². The molecule has 0 unspecified atom stereocenters. The van der Waals surface area contributed by atoms with Crippen LogP contribution < -0.4 is 15.8 Å². The van der Waals surface area contributed by atoms with Crippen LogP contribution >= 0.6 is 11.3 Å². The molecule has 1 heterocycles. The first-order valence-corrected chi connectivity index (χ1v) is 6.30. The van der Waals surface area contributed by atoms with Crippen LogP contribution in [-0.4, -0.2) is 17.5 Å². The first-order chi connectivity index (χ1) is 8.75. The van der Waals surface area contributed by atoms with Crippen molar-refractivity contribution in [2.45, 2.75) is 6.42 Å². The van der Waals surface area contributed by atoms with Gasteiger partial charge in [-0.2, -0.15) is 0 Å². The van der Waals surface area contributed by atoms with Crippen molar-refractivity contribution in [2.24, 2.45) is 0 Å². The number of rotatable bonds is 5. The van der Waals surface area contributed by atoms with Crippen molar-refractivity contribution in [1.29, 1.82) is 0 Å². The van der Waals surface area contributed by atoms with Crippen molar-refractivity contribution >= 4 is 28.1 Å². The Morgan fingerprint density at radius 3 is 3.00 bits per heavy atom. The fourth-order valence-corrected chi connectivity index (χ4v) is 1.88. The summed E-state index contributed by atoms with van der Waals surface area (Å²) in [6.07, 6.45) is 1.90. The van der Waals surface area contributed by atoms with Crippen molar-refractivity contribution < 1.29 is 9.53 Å². The largest absolute Gasteiger partial charge is 0.491 e. The first kappa shape index (κ1) is 12.4. The number of nitrogens with zero attached hydrogens (tertiary/aromatic N) is 1. The molecule has 0 spiro atoms. The third-order valence-corrected chi connectivity index (χ3v) is 2.87. The van der Waals surface area contributed by atoms with Crippen LogP contribution in [-0.2, 0) is 4.79 Å². The van der Waals surface area contributed by atoms with Crippen LogP contribution in [0.1, 0.15) is 6.42 Å². The molecule has 0 saturated heterocycles. The molecule has 18 heavy (non-hydrogen) atoms. The highest BCUT2D eigenvalue weighted by Crippen LogP contribution is 2.19. The number of hydrogen-bond donors (Lipinski definition) is 2. The van der Waals surface area contributed by atoms with Crippen molar-refractivity contribution in [3.63, 3.8) is 0 Å². The number of benzene rings is 1. The van der Waals surface area contributed by atoms with Gasteiger partial charge >= 0.3 is 0 Å². The van der Waals surface area contributed by atoms with Crippen LogP contribution in [0.2, 0.25) is 0 Å². The lowest BCUT2D eigenvalue weighted by atomic mass is 10.3. The fourth-order valence-electron chi connectivity index (χ4n) is 1.33. The molecule has 0 fully saturated rings. The van der Waals surface area contributed by atoms with Crippen LogP contribution in [0.3, 0.4) is 0 Å². The maximum absolute atomic E-state index is 11.5. The highest BCUT2D eigenvalue weighted by molar-refractivity contribution is 7.13. The minimum Gasteiger partial charge on any atom is -0.491 e. The average molecular weight is 263 g/mol. The van der Waals surface area contributed by atoms with E-state index >= 15 is 0 Å². The minimum absolute atomic E-state index is 0.126. The molecule has 6 heteroatoms. The van der Waals surface area contributed by atoms with Crippen molar-refractivity contribution in [2.75, 3.05) is 17.7 Å². The zero-order valence-electron chi connectivity index (χ0n) is 9.63. The van der Waals surface area contributed by atoms with Crippen LogP contribution in [0.15, 0.2) is 35.8 Å². The van der Waals surface area contributed by atoms with E-state index in [0.717, 1.165) is 0 Å². The number of nitrogens with one attached hydrogen (secondary N) is 1. The fraction of sp³-hybridized carbons (Fsp3) is 0.167. The Hall–Kier alpha value is -2.08. The molecule has 0 atom stereocenters. The smallest absolute Gasteiger partial charge is 0.229 e. The lowest BCUT2D eigenvalue weighted by molar-refractivity contribution is -0.116. The maximum atomic E-state index is 11.5. The second-order valence-corrected chi connectivity index (χ2v) is 4.42. The Morgan fingerprint density at radius 2 is 2.28 bits per heavy atom. The Kier molecular flexibility index (Phi) is 4.14. The van der Waals surface area contributed by atoms with E-state index in [9.17, 15) is 4.79 Å². The first-order valence-electron chi connectivity index (χ1n) is 5.42. The van der Waals surface area contributed by atoms with Crippen LogP contribution in [0.5, 0.6) is 5.75 Å². The summed E-state index contributed by atoms with van der Waals surface area (Å²) in [6, 6.07) is 7.19. The number of hydrogen-bond acceptors (Lipinski definition) is 5. The van der Waals surface area contributed by atoms with E-state index < -0.39 is 0 Å². The van der Waals surface area contributed by atoms with Gasteiger partial charge in [-0.15, -0.1) is 11.3 Å². The Morgan fingerprint density at radius 1 is 1.44 bits per heavy atom.